The highest BCUT2D eigenvalue weighted by Crippen LogP contribution is 2.13. The fourth-order valence-corrected chi connectivity index (χ4v) is 1.90. The second kappa shape index (κ2) is 6.86. The maximum absolute atomic E-state index is 12.0. The Labute approximate surface area is 127 Å². The molecule has 0 aliphatic rings. The van der Waals surface area contributed by atoms with Crippen molar-refractivity contribution in [2.75, 3.05) is 20.3 Å². The van der Waals surface area contributed by atoms with Crippen LogP contribution in [0.15, 0.2) is 35.1 Å². The summed E-state index contributed by atoms with van der Waals surface area (Å²) in [5.41, 5.74) is 0.745. The molecular formula is C15H17N3O4. The van der Waals surface area contributed by atoms with E-state index in [1.165, 1.54) is 7.11 Å². The molecule has 7 heteroatoms. The lowest BCUT2D eigenvalue weighted by Crippen LogP contribution is -2.31. The van der Waals surface area contributed by atoms with Crippen LogP contribution in [0, 0.1) is 6.92 Å². The standard InChI is InChI=1S/C15H17N3O4/c1-10-4-3-5-11(8-10)18-13(20)9-12(19)14(17-18)15(21)16-6-7-22-2/h3-5,8-9,19H,6-7H2,1-2H3,(H,16,21). The Morgan fingerprint density at radius 3 is 2.86 bits per heavy atom. The molecule has 2 rings (SSSR count). The van der Waals surface area contributed by atoms with Crippen LogP contribution in [0.25, 0.3) is 5.69 Å². The molecule has 0 bridgehead atoms. The Bertz CT molecular complexity index is 740. The molecule has 2 N–H and O–H groups in total. The van der Waals surface area contributed by atoms with Crippen LogP contribution in [0.1, 0.15) is 16.1 Å². The Morgan fingerprint density at radius 1 is 1.41 bits per heavy atom. The van der Waals surface area contributed by atoms with Crippen LogP contribution in [-0.4, -0.2) is 41.1 Å². The molecule has 0 radical (unpaired) electrons. The molecule has 0 aliphatic carbocycles. The number of carbonyl (C=O) groups is 1. The van der Waals surface area contributed by atoms with Gasteiger partial charge < -0.3 is 15.2 Å². The zero-order valence-electron chi connectivity index (χ0n) is 12.4. The minimum atomic E-state index is -0.573. The van der Waals surface area contributed by atoms with Gasteiger partial charge in [0.2, 0.25) is 0 Å². The number of aromatic nitrogens is 2. The third kappa shape index (κ3) is 3.50. The van der Waals surface area contributed by atoms with Gasteiger partial charge in [-0.15, -0.1) is 0 Å². The Balaban J connectivity index is 2.39. The van der Waals surface area contributed by atoms with E-state index in [9.17, 15) is 14.7 Å². The lowest BCUT2D eigenvalue weighted by Gasteiger charge is -2.09. The van der Waals surface area contributed by atoms with E-state index in [0.717, 1.165) is 16.3 Å². The maximum atomic E-state index is 12.0. The summed E-state index contributed by atoms with van der Waals surface area (Å²) in [6.45, 7) is 2.50. The van der Waals surface area contributed by atoms with Crippen LogP contribution in [0.2, 0.25) is 0 Å². The van der Waals surface area contributed by atoms with Crippen molar-refractivity contribution in [3.05, 3.63) is 51.9 Å². The summed E-state index contributed by atoms with van der Waals surface area (Å²) in [4.78, 5) is 24.0. The zero-order valence-corrected chi connectivity index (χ0v) is 12.4. The molecule has 1 amide bonds. The van der Waals surface area contributed by atoms with Gasteiger partial charge >= 0.3 is 0 Å². The number of methoxy groups -OCH3 is 1. The first-order valence-corrected chi connectivity index (χ1v) is 6.70. The number of ether oxygens (including phenoxy) is 1. The maximum Gasteiger partial charge on any atom is 0.275 e. The minimum Gasteiger partial charge on any atom is -0.505 e. The molecule has 22 heavy (non-hydrogen) atoms. The van der Waals surface area contributed by atoms with Gasteiger partial charge in [-0.05, 0) is 24.6 Å². The number of hydrogen-bond donors (Lipinski definition) is 2. The van der Waals surface area contributed by atoms with Crippen LogP contribution < -0.4 is 10.9 Å². The zero-order chi connectivity index (χ0) is 16.1. The molecule has 1 heterocycles. The number of hydrogen-bond acceptors (Lipinski definition) is 5. The van der Waals surface area contributed by atoms with E-state index in [2.05, 4.69) is 10.4 Å². The normalized spacial score (nSPS) is 10.5. The van der Waals surface area contributed by atoms with Gasteiger partial charge in [0.15, 0.2) is 11.4 Å². The van der Waals surface area contributed by atoms with E-state index < -0.39 is 17.2 Å². The predicted octanol–water partition coefficient (Wildman–Crippen LogP) is 0.623. The first-order chi connectivity index (χ1) is 10.5. The van der Waals surface area contributed by atoms with Gasteiger partial charge in [0.1, 0.15) is 0 Å². The summed E-state index contributed by atoms with van der Waals surface area (Å²) >= 11 is 0. The molecule has 0 unspecified atom stereocenters. The van der Waals surface area contributed by atoms with E-state index in [1.54, 1.807) is 18.2 Å². The summed E-state index contributed by atoms with van der Waals surface area (Å²) in [5, 5.41) is 16.3. The second-order valence-corrected chi connectivity index (χ2v) is 4.72. The molecule has 7 nitrogen and oxygen atoms in total. The number of amides is 1. The molecule has 0 atom stereocenters. The summed E-state index contributed by atoms with van der Waals surface area (Å²) < 4.78 is 5.91. The van der Waals surface area contributed by atoms with E-state index >= 15 is 0 Å². The van der Waals surface area contributed by atoms with Crippen molar-refractivity contribution in [1.29, 1.82) is 0 Å². The summed E-state index contributed by atoms with van der Waals surface area (Å²) in [6, 6.07) is 8.10. The molecule has 0 saturated carbocycles. The van der Waals surface area contributed by atoms with Crippen molar-refractivity contribution in [2.45, 2.75) is 6.92 Å². The molecule has 0 saturated heterocycles. The molecular weight excluding hydrogens is 286 g/mol. The fraction of sp³-hybridized carbons (Fsp3) is 0.267. The minimum absolute atomic E-state index is 0.211. The molecule has 0 aliphatic heterocycles. The van der Waals surface area contributed by atoms with Crippen LogP contribution in [0.4, 0.5) is 0 Å². The Kier molecular flexibility index (Phi) is 4.90. The molecule has 2 aromatic rings. The second-order valence-electron chi connectivity index (χ2n) is 4.72. The number of rotatable bonds is 5. The lowest BCUT2D eigenvalue weighted by molar-refractivity contribution is 0.0927. The highest BCUT2D eigenvalue weighted by atomic mass is 16.5. The van der Waals surface area contributed by atoms with Crippen molar-refractivity contribution < 1.29 is 14.6 Å². The van der Waals surface area contributed by atoms with Crippen LogP contribution in [0.3, 0.4) is 0 Å². The predicted molar refractivity (Wildman–Crippen MR) is 80.4 cm³/mol. The molecule has 0 spiro atoms. The van der Waals surface area contributed by atoms with Gasteiger partial charge in [-0.1, -0.05) is 12.1 Å². The van der Waals surface area contributed by atoms with Gasteiger partial charge in [-0.25, -0.2) is 0 Å². The highest BCUT2D eigenvalue weighted by molar-refractivity contribution is 5.94. The topological polar surface area (TPSA) is 93.5 Å². The van der Waals surface area contributed by atoms with Crippen molar-refractivity contribution in [3.8, 4) is 11.4 Å². The number of aromatic hydroxyl groups is 1. The van der Waals surface area contributed by atoms with Gasteiger partial charge in [-0.3, -0.25) is 9.59 Å². The summed E-state index contributed by atoms with van der Waals surface area (Å²) in [7, 11) is 1.51. The molecule has 1 aromatic heterocycles. The number of benzene rings is 1. The Morgan fingerprint density at radius 2 is 2.18 bits per heavy atom. The van der Waals surface area contributed by atoms with Crippen molar-refractivity contribution >= 4 is 5.91 Å². The largest absolute Gasteiger partial charge is 0.505 e. The lowest BCUT2D eigenvalue weighted by atomic mass is 10.2. The van der Waals surface area contributed by atoms with Gasteiger partial charge in [0.05, 0.1) is 12.3 Å². The summed E-state index contributed by atoms with van der Waals surface area (Å²) in [5.74, 6) is -1.03. The number of nitrogens with zero attached hydrogens (tertiary/aromatic N) is 2. The van der Waals surface area contributed by atoms with E-state index in [-0.39, 0.29) is 12.2 Å². The number of carbonyl (C=O) groups excluding carboxylic acids is 1. The highest BCUT2D eigenvalue weighted by Gasteiger charge is 2.16. The quantitative estimate of drug-likeness (QED) is 0.790. The van der Waals surface area contributed by atoms with Gasteiger partial charge in [-0.2, -0.15) is 9.78 Å². The number of aryl methyl sites for hydroxylation is 1. The third-order valence-electron chi connectivity index (χ3n) is 2.96. The van der Waals surface area contributed by atoms with E-state index in [4.69, 9.17) is 4.74 Å². The van der Waals surface area contributed by atoms with Gasteiger partial charge in [0.25, 0.3) is 11.5 Å². The van der Waals surface area contributed by atoms with Crippen LogP contribution in [-0.2, 0) is 4.74 Å². The van der Waals surface area contributed by atoms with Crippen molar-refractivity contribution in [1.82, 2.24) is 15.1 Å². The smallest absolute Gasteiger partial charge is 0.275 e. The van der Waals surface area contributed by atoms with Crippen LogP contribution in [0.5, 0.6) is 5.75 Å². The summed E-state index contributed by atoms with van der Waals surface area (Å²) in [6.07, 6.45) is 0. The van der Waals surface area contributed by atoms with Crippen LogP contribution >= 0.6 is 0 Å². The van der Waals surface area contributed by atoms with Crippen molar-refractivity contribution in [2.24, 2.45) is 0 Å². The van der Waals surface area contributed by atoms with Gasteiger partial charge in [0, 0.05) is 19.7 Å². The van der Waals surface area contributed by atoms with Crippen molar-refractivity contribution in [3.63, 3.8) is 0 Å². The number of nitrogens with one attached hydrogen (secondary N) is 1. The average Bonchev–Trinajstić information content (AvgIpc) is 2.47. The molecule has 1 aromatic carbocycles. The third-order valence-corrected chi connectivity index (χ3v) is 2.96. The molecule has 116 valence electrons. The fourth-order valence-electron chi connectivity index (χ4n) is 1.90. The van der Waals surface area contributed by atoms with E-state index in [0.29, 0.717) is 12.3 Å². The Hall–Kier alpha value is -2.67. The SMILES string of the molecule is COCCNC(=O)c1nn(-c2cccc(C)c2)c(=O)cc1O. The first kappa shape index (κ1) is 15.7. The average molecular weight is 303 g/mol. The van der Waals surface area contributed by atoms with E-state index in [1.807, 2.05) is 13.0 Å². The molecule has 0 fully saturated rings. The first-order valence-electron chi connectivity index (χ1n) is 6.70. The monoisotopic (exact) mass is 303 g/mol.